The van der Waals surface area contributed by atoms with Gasteiger partial charge in [0.15, 0.2) is 0 Å². The van der Waals surface area contributed by atoms with Crippen LogP contribution in [0, 0.1) is 21.4 Å². The molecule has 0 unspecified atom stereocenters. The normalized spacial score (nSPS) is 9.61. The Labute approximate surface area is 103 Å². The molecular formula is C11H11N3O4. The minimum absolute atomic E-state index is 0.0749. The predicted molar refractivity (Wildman–Crippen MR) is 61.4 cm³/mol. The number of nitro groups is 1. The van der Waals surface area contributed by atoms with E-state index >= 15 is 0 Å². The number of hydrogen-bond donors (Lipinski definition) is 1. The summed E-state index contributed by atoms with van der Waals surface area (Å²) < 4.78 is 4.50. The maximum absolute atomic E-state index is 11.2. The van der Waals surface area contributed by atoms with Gasteiger partial charge in [0.25, 0.3) is 5.69 Å². The fourth-order valence-corrected chi connectivity index (χ4v) is 1.60. The van der Waals surface area contributed by atoms with Gasteiger partial charge in [-0.1, -0.05) is 6.07 Å². The average molecular weight is 249 g/mol. The fourth-order valence-electron chi connectivity index (χ4n) is 1.60. The molecule has 0 amide bonds. The van der Waals surface area contributed by atoms with Crippen molar-refractivity contribution in [3.63, 3.8) is 0 Å². The molecule has 94 valence electrons. The molecule has 0 aliphatic heterocycles. The van der Waals surface area contributed by atoms with Crippen molar-refractivity contribution in [1.29, 1.82) is 5.26 Å². The first-order valence-corrected chi connectivity index (χ1v) is 5.01. The molecule has 0 saturated carbocycles. The summed E-state index contributed by atoms with van der Waals surface area (Å²) in [7, 11) is 1.22. The fraction of sp³-hybridized carbons (Fsp3) is 0.273. The first-order chi connectivity index (χ1) is 8.54. The number of carbonyl (C=O) groups is 1. The number of nitrogens with zero attached hydrogens (tertiary/aromatic N) is 2. The van der Waals surface area contributed by atoms with E-state index in [-0.39, 0.29) is 29.8 Å². The molecule has 1 rings (SSSR count). The zero-order chi connectivity index (χ0) is 13.7. The number of esters is 1. The summed E-state index contributed by atoms with van der Waals surface area (Å²) in [6, 6.07) is 4.51. The molecule has 0 radical (unpaired) electrons. The van der Waals surface area contributed by atoms with Crippen LogP contribution in [0.1, 0.15) is 16.7 Å². The molecule has 1 aromatic carbocycles. The highest BCUT2D eigenvalue weighted by molar-refractivity contribution is 5.74. The van der Waals surface area contributed by atoms with Crippen LogP contribution in [0.15, 0.2) is 12.1 Å². The van der Waals surface area contributed by atoms with Gasteiger partial charge in [0, 0.05) is 12.1 Å². The molecule has 0 heterocycles. The molecule has 18 heavy (non-hydrogen) atoms. The zero-order valence-corrected chi connectivity index (χ0v) is 9.67. The van der Waals surface area contributed by atoms with E-state index in [4.69, 9.17) is 11.0 Å². The van der Waals surface area contributed by atoms with Crippen LogP contribution in [0.4, 0.5) is 5.69 Å². The number of nitriles is 1. The Hall–Kier alpha value is -2.46. The topological polar surface area (TPSA) is 119 Å². The summed E-state index contributed by atoms with van der Waals surface area (Å²) in [6.07, 6.45) is -0.115. The van der Waals surface area contributed by atoms with Gasteiger partial charge in [-0.2, -0.15) is 5.26 Å². The van der Waals surface area contributed by atoms with Crippen LogP contribution in [-0.4, -0.2) is 18.0 Å². The van der Waals surface area contributed by atoms with Crippen LogP contribution in [0.3, 0.4) is 0 Å². The Morgan fingerprint density at radius 2 is 2.28 bits per heavy atom. The van der Waals surface area contributed by atoms with Crippen molar-refractivity contribution in [2.75, 3.05) is 7.11 Å². The number of carbonyl (C=O) groups excluding carboxylic acids is 1. The maximum Gasteiger partial charge on any atom is 0.309 e. The lowest BCUT2D eigenvalue weighted by Crippen LogP contribution is -2.12. The second-order valence-corrected chi connectivity index (χ2v) is 3.43. The molecule has 0 aliphatic carbocycles. The van der Waals surface area contributed by atoms with Crippen LogP contribution < -0.4 is 5.73 Å². The SMILES string of the molecule is COC(=O)Cc1ccc(C#N)c([N+](=O)[O-])c1CN. The molecule has 0 aromatic heterocycles. The Bertz CT molecular complexity index is 534. The lowest BCUT2D eigenvalue weighted by molar-refractivity contribution is -0.385. The Kier molecular flexibility index (Phi) is 4.34. The van der Waals surface area contributed by atoms with E-state index in [9.17, 15) is 14.9 Å². The Balaban J connectivity index is 3.39. The summed E-state index contributed by atoms with van der Waals surface area (Å²) in [5.74, 6) is -0.524. The quantitative estimate of drug-likeness (QED) is 0.475. The van der Waals surface area contributed by atoms with Gasteiger partial charge in [-0.05, 0) is 11.6 Å². The Morgan fingerprint density at radius 1 is 1.61 bits per heavy atom. The lowest BCUT2D eigenvalue weighted by atomic mass is 9.99. The van der Waals surface area contributed by atoms with Crippen molar-refractivity contribution in [3.05, 3.63) is 38.9 Å². The third-order valence-corrected chi connectivity index (χ3v) is 2.45. The standard InChI is InChI=1S/C11H11N3O4/c1-18-10(15)4-7-2-3-8(5-12)11(14(16)17)9(7)6-13/h2-3H,4,6,13H2,1H3. The van der Waals surface area contributed by atoms with Crippen molar-refractivity contribution < 1.29 is 14.5 Å². The van der Waals surface area contributed by atoms with Gasteiger partial charge < -0.3 is 10.5 Å². The van der Waals surface area contributed by atoms with Crippen molar-refractivity contribution in [2.24, 2.45) is 5.73 Å². The number of rotatable bonds is 4. The zero-order valence-electron chi connectivity index (χ0n) is 9.67. The van der Waals surface area contributed by atoms with Crippen molar-refractivity contribution in [3.8, 4) is 6.07 Å². The van der Waals surface area contributed by atoms with E-state index in [1.165, 1.54) is 19.2 Å². The van der Waals surface area contributed by atoms with E-state index < -0.39 is 10.9 Å². The lowest BCUT2D eigenvalue weighted by Gasteiger charge is -2.08. The van der Waals surface area contributed by atoms with Gasteiger partial charge >= 0.3 is 5.97 Å². The van der Waals surface area contributed by atoms with Crippen molar-refractivity contribution >= 4 is 11.7 Å². The van der Waals surface area contributed by atoms with E-state index in [1.807, 2.05) is 0 Å². The Morgan fingerprint density at radius 3 is 2.72 bits per heavy atom. The number of ether oxygens (including phenoxy) is 1. The minimum atomic E-state index is -0.665. The van der Waals surface area contributed by atoms with Crippen LogP contribution in [0.5, 0.6) is 0 Å². The average Bonchev–Trinajstić information content (AvgIpc) is 2.37. The predicted octanol–water partition coefficient (Wildman–Crippen LogP) is 0.641. The molecule has 0 atom stereocenters. The molecule has 2 N–H and O–H groups in total. The highest BCUT2D eigenvalue weighted by Gasteiger charge is 2.23. The van der Waals surface area contributed by atoms with Gasteiger partial charge in [0.1, 0.15) is 11.6 Å². The second-order valence-electron chi connectivity index (χ2n) is 3.43. The molecule has 0 fully saturated rings. The van der Waals surface area contributed by atoms with Gasteiger partial charge in [-0.15, -0.1) is 0 Å². The first kappa shape index (κ1) is 13.6. The smallest absolute Gasteiger partial charge is 0.309 e. The molecular weight excluding hydrogens is 238 g/mol. The molecule has 0 bridgehead atoms. The summed E-state index contributed by atoms with van der Waals surface area (Å²) >= 11 is 0. The minimum Gasteiger partial charge on any atom is -0.469 e. The molecule has 0 saturated heterocycles. The van der Waals surface area contributed by atoms with Crippen LogP contribution in [0.2, 0.25) is 0 Å². The second kappa shape index (κ2) is 5.75. The molecule has 0 aliphatic rings. The summed E-state index contributed by atoms with van der Waals surface area (Å²) in [4.78, 5) is 21.5. The largest absolute Gasteiger partial charge is 0.469 e. The number of methoxy groups -OCH3 is 1. The number of nitrogens with two attached hydrogens (primary N) is 1. The van der Waals surface area contributed by atoms with Crippen LogP contribution in [0.25, 0.3) is 0 Å². The van der Waals surface area contributed by atoms with Gasteiger partial charge in [0.2, 0.25) is 0 Å². The molecule has 0 spiro atoms. The third-order valence-electron chi connectivity index (χ3n) is 2.45. The van der Waals surface area contributed by atoms with Gasteiger partial charge in [0.05, 0.1) is 18.5 Å². The maximum atomic E-state index is 11.2. The molecule has 7 heteroatoms. The van der Waals surface area contributed by atoms with Crippen LogP contribution in [-0.2, 0) is 22.5 Å². The summed E-state index contributed by atoms with van der Waals surface area (Å²) in [5, 5.41) is 19.8. The highest BCUT2D eigenvalue weighted by atomic mass is 16.6. The van der Waals surface area contributed by atoms with Crippen molar-refractivity contribution in [2.45, 2.75) is 13.0 Å². The highest BCUT2D eigenvalue weighted by Crippen LogP contribution is 2.27. The van der Waals surface area contributed by atoms with E-state index in [2.05, 4.69) is 4.74 Å². The summed E-state index contributed by atoms with van der Waals surface area (Å²) in [6.45, 7) is -0.127. The van der Waals surface area contributed by atoms with Gasteiger partial charge in [-0.25, -0.2) is 0 Å². The number of benzene rings is 1. The molecule has 7 nitrogen and oxygen atoms in total. The van der Waals surface area contributed by atoms with E-state index in [1.54, 1.807) is 6.07 Å². The van der Waals surface area contributed by atoms with E-state index in [0.29, 0.717) is 5.56 Å². The number of nitro benzene ring substituents is 1. The third kappa shape index (κ3) is 2.61. The molecule has 1 aromatic rings. The van der Waals surface area contributed by atoms with Crippen molar-refractivity contribution in [1.82, 2.24) is 0 Å². The first-order valence-electron chi connectivity index (χ1n) is 5.01. The monoisotopic (exact) mass is 249 g/mol. The summed E-state index contributed by atoms with van der Waals surface area (Å²) in [5.41, 5.74) is 5.63. The number of hydrogen-bond acceptors (Lipinski definition) is 6. The van der Waals surface area contributed by atoms with Crippen LogP contribution >= 0.6 is 0 Å². The van der Waals surface area contributed by atoms with E-state index in [0.717, 1.165) is 0 Å². The van der Waals surface area contributed by atoms with Gasteiger partial charge in [-0.3, -0.25) is 14.9 Å².